The van der Waals surface area contributed by atoms with E-state index in [-0.39, 0.29) is 11.9 Å². The quantitative estimate of drug-likeness (QED) is 0.910. The molecule has 3 nitrogen and oxygen atoms in total. The molecule has 92 valence electrons. The summed E-state index contributed by atoms with van der Waals surface area (Å²) in [5, 5.41) is 3.48. The summed E-state index contributed by atoms with van der Waals surface area (Å²) < 4.78 is 6.10. The highest BCUT2D eigenvalue weighted by Crippen LogP contribution is 2.23. The van der Waals surface area contributed by atoms with Crippen LogP contribution < -0.4 is 5.32 Å². The van der Waals surface area contributed by atoms with Gasteiger partial charge in [-0.05, 0) is 47.0 Å². The summed E-state index contributed by atoms with van der Waals surface area (Å²) in [6.45, 7) is 1.38. The van der Waals surface area contributed by atoms with Gasteiger partial charge in [0.25, 0.3) is 5.91 Å². The minimum Gasteiger partial charge on any atom is -0.379 e. The van der Waals surface area contributed by atoms with E-state index in [2.05, 4.69) is 21.2 Å². The molecule has 5 heteroatoms. The Morgan fingerprint density at radius 2 is 2.35 bits per heavy atom. The van der Waals surface area contributed by atoms with Gasteiger partial charge in [-0.3, -0.25) is 4.79 Å². The smallest absolute Gasteiger partial charge is 0.251 e. The Balaban J connectivity index is 2.01. The minimum absolute atomic E-state index is 0.102. The Morgan fingerprint density at radius 1 is 1.53 bits per heavy atom. The van der Waals surface area contributed by atoms with Crippen LogP contribution in [0.4, 0.5) is 0 Å². The lowest BCUT2D eigenvalue weighted by Gasteiger charge is -2.23. The summed E-state index contributed by atoms with van der Waals surface area (Å²) >= 11 is 9.24. The molecule has 1 heterocycles. The average molecular weight is 319 g/mol. The average Bonchev–Trinajstić information content (AvgIpc) is 2.34. The van der Waals surface area contributed by atoms with E-state index in [0.717, 1.165) is 23.9 Å². The topological polar surface area (TPSA) is 38.3 Å². The molecule has 0 bridgehead atoms. The van der Waals surface area contributed by atoms with E-state index in [0.29, 0.717) is 17.2 Å². The second-order valence-corrected chi connectivity index (χ2v) is 5.28. The van der Waals surface area contributed by atoms with Crippen molar-refractivity contribution in [3.63, 3.8) is 0 Å². The first-order valence-corrected chi connectivity index (χ1v) is 6.67. The van der Waals surface area contributed by atoms with Gasteiger partial charge in [-0.15, -0.1) is 0 Å². The Labute approximate surface area is 114 Å². The van der Waals surface area contributed by atoms with E-state index < -0.39 is 0 Å². The number of hydrogen-bond donors (Lipinski definition) is 1. The van der Waals surface area contributed by atoms with E-state index in [9.17, 15) is 4.79 Å². The molecule has 0 aromatic heterocycles. The van der Waals surface area contributed by atoms with Crippen LogP contribution in [0.15, 0.2) is 22.7 Å². The predicted octanol–water partition coefficient (Wildman–Crippen LogP) is 3.01. The Morgan fingerprint density at radius 3 is 3.00 bits per heavy atom. The highest BCUT2D eigenvalue weighted by atomic mass is 79.9. The Kier molecular flexibility index (Phi) is 4.42. The number of ether oxygens (including phenoxy) is 1. The van der Waals surface area contributed by atoms with Crippen molar-refractivity contribution >= 4 is 33.4 Å². The maximum absolute atomic E-state index is 11.9. The van der Waals surface area contributed by atoms with Crippen LogP contribution >= 0.6 is 27.5 Å². The fourth-order valence-electron chi connectivity index (χ4n) is 1.76. The van der Waals surface area contributed by atoms with Gasteiger partial charge < -0.3 is 10.1 Å². The molecule has 1 N–H and O–H groups in total. The van der Waals surface area contributed by atoms with Crippen molar-refractivity contribution in [2.75, 3.05) is 13.2 Å². The predicted molar refractivity (Wildman–Crippen MR) is 70.5 cm³/mol. The van der Waals surface area contributed by atoms with Crippen molar-refractivity contribution in [3.8, 4) is 0 Å². The van der Waals surface area contributed by atoms with Gasteiger partial charge >= 0.3 is 0 Å². The summed E-state index contributed by atoms with van der Waals surface area (Å²) in [6.07, 6.45) is 1.96. The number of nitrogens with one attached hydrogen (secondary N) is 1. The Bertz CT molecular complexity index is 419. The standard InChI is InChI=1S/C12H13BrClNO2/c13-10-4-3-8(6-11(10)14)12(16)15-9-2-1-5-17-7-9/h3-4,6,9H,1-2,5,7H2,(H,15,16). The first-order valence-electron chi connectivity index (χ1n) is 5.50. The van der Waals surface area contributed by atoms with Crippen molar-refractivity contribution in [1.82, 2.24) is 5.32 Å². The zero-order valence-corrected chi connectivity index (χ0v) is 11.6. The normalized spacial score (nSPS) is 20.0. The molecule has 1 atom stereocenters. The van der Waals surface area contributed by atoms with Crippen molar-refractivity contribution in [2.24, 2.45) is 0 Å². The van der Waals surface area contributed by atoms with Gasteiger partial charge in [-0.1, -0.05) is 11.6 Å². The van der Waals surface area contributed by atoms with Crippen LogP contribution in [-0.2, 0) is 4.74 Å². The molecule has 0 saturated carbocycles. The number of carbonyl (C=O) groups excluding carboxylic acids is 1. The molecule has 1 aliphatic heterocycles. The zero-order chi connectivity index (χ0) is 12.3. The van der Waals surface area contributed by atoms with E-state index in [1.54, 1.807) is 18.2 Å². The van der Waals surface area contributed by atoms with Gasteiger partial charge in [0.05, 0.1) is 17.7 Å². The van der Waals surface area contributed by atoms with Crippen LogP contribution in [0.3, 0.4) is 0 Å². The number of amides is 1. The SMILES string of the molecule is O=C(NC1CCCOC1)c1ccc(Br)c(Cl)c1. The van der Waals surface area contributed by atoms with Crippen LogP contribution in [-0.4, -0.2) is 25.2 Å². The maximum Gasteiger partial charge on any atom is 0.251 e. The van der Waals surface area contributed by atoms with Crippen molar-refractivity contribution in [3.05, 3.63) is 33.3 Å². The van der Waals surface area contributed by atoms with Gasteiger partial charge in [0.1, 0.15) is 0 Å². The molecule has 2 rings (SSSR count). The molecule has 1 unspecified atom stereocenters. The summed E-state index contributed by atoms with van der Waals surface area (Å²) in [5.41, 5.74) is 0.573. The van der Waals surface area contributed by atoms with Crippen molar-refractivity contribution < 1.29 is 9.53 Å². The molecular formula is C12H13BrClNO2. The molecule has 17 heavy (non-hydrogen) atoms. The fraction of sp³-hybridized carbons (Fsp3) is 0.417. The van der Waals surface area contributed by atoms with Gasteiger partial charge in [0.2, 0.25) is 0 Å². The van der Waals surface area contributed by atoms with Crippen LogP contribution in [0, 0.1) is 0 Å². The van der Waals surface area contributed by atoms with Crippen LogP contribution in [0.1, 0.15) is 23.2 Å². The molecule has 1 aromatic rings. The van der Waals surface area contributed by atoms with E-state index >= 15 is 0 Å². The molecule has 0 radical (unpaired) electrons. The second-order valence-electron chi connectivity index (χ2n) is 4.02. The van der Waals surface area contributed by atoms with Crippen molar-refractivity contribution in [1.29, 1.82) is 0 Å². The van der Waals surface area contributed by atoms with E-state index in [4.69, 9.17) is 16.3 Å². The maximum atomic E-state index is 11.9. The number of hydrogen-bond acceptors (Lipinski definition) is 2. The zero-order valence-electron chi connectivity index (χ0n) is 9.21. The second kappa shape index (κ2) is 5.85. The lowest BCUT2D eigenvalue weighted by Crippen LogP contribution is -2.40. The van der Waals surface area contributed by atoms with E-state index in [1.165, 1.54) is 0 Å². The third-order valence-electron chi connectivity index (χ3n) is 2.68. The van der Waals surface area contributed by atoms with Crippen LogP contribution in [0.2, 0.25) is 5.02 Å². The number of carbonyl (C=O) groups is 1. The number of rotatable bonds is 2. The summed E-state index contributed by atoms with van der Waals surface area (Å²) in [7, 11) is 0. The van der Waals surface area contributed by atoms with E-state index in [1.807, 2.05) is 0 Å². The van der Waals surface area contributed by atoms with Gasteiger partial charge in [0.15, 0.2) is 0 Å². The number of halogens is 2. The lowest BCUT2D eigenvalue weighted by atomic mass is 10.1. The van der Waals surface area contributed by atoms with Crippen molar-refractivity contribution in [2.45, 2.75) is 18.9 Å². The molecule has 1 fully saturated rings. The van der Waals surface area contributed by atoms with Gasteiger partial charge in [-0.25, -0.2) is 0 Å². The van der Waals surface area contributed by atoms with Gasteiger partial charge in [-0.2, -0.15) is 0 Å². The highest BCUT2D eigenvalue weighted by Gasteiger charge is 2.17. The Hall–Kier alpha value is -0.580. The third kappa shape index (κ3) is 3.44. The van der Waals surface area contributed by atoms with Crippen LogP contribution in [0.25, 0.3) is 0 Å². The molecule has 1 aromatic carbocycles. The first kappa shape index (κ1) is 12.9. The fourth-order valence-corrected chi connectivity index (χ4v) is 2.19. The molecule has 0 spiro atoms. The largest absolute Gasteiger partial charge is 0.379 e. The monoisotopic (exact) mass is 317 g/mol. The molecule has 1 amide bonds. The van der Waals surface area contributed by atoms with Gasteiger partial charge in [0, 0.05) is 16.6 Å². The summed E-state index contributed by atoms with van der Waals surface area (Å²) in [4.78, 5) is 11.9. The lowest BCUT2D eigenvalue weighted by molar-refractivity contribution is 0.0624. The summed E-state index contributed by atoms with van der Waals surface area (Å²) in [6, 6.07) is 5.28. The minimum atomic E-state index is -0.102. The molecular weight excluding hydrogens is 305 g/mol. The third-order valence-corrected chi connectivity index (χ3v) is 3.91. The highest BCUT2D eigenvalue weighted by molar-refractivity contribution is 9.10. The molecule has 1 saturated heterocycles. The number of benzene rings is 1. The molecule has 1 aliphatic rings. The summed E-state index contributed by atoms with van der Waals surface area (Å²) in [5.74, 6) is -0.102. The molecule has 0 aliphatic carbocycles. The first-order chi connectivity index (χ1) is 8.16. The van der Waals surface area contributed by atoms with Crippen LogP contribution in [0.5, 0.6) is 0 Å².